The van der Waals surface area contributed by atoms with Crippen molar-refractivity contribution in [2.45, 2.75) is 0 Å². The molecule has 0 bridgehead atoms. The fourth-order valence-corrected chi connectivity index (χ4v) is 2.03. The molecule has 1 aromatic heterocycles. The Morgan fingerprint density at radius 1 is 1.09 bits per heavy atom. The van der Waals surface area contributed by atoms with Gasteiger partial charge in [-0.05, 0) is 35.9 Å². The molecule has 7 nitrogen and oxygen atoms in total. The standard InChI is InChI=1S/C16H15N3O4/c20-15(18-19-16(21)12-2-1-7-17-12)6-4-11-3-5-13-14(10-11)23-9-8-22-13/h1-7,10,17H,8-9H2,(H,18,20)(H,19,21)/b6-4+. The number of carbonyl (C=O) groups is 2. The fraction of sp³-hybridized carbons (Fsp3) is 0.125. The van der Waals surface area contributed by atoms with Crippen molar-refractivity contribution in [1.82, 2.24) is 15.8 Å². The predicted octanol–water partition coefficient (Wildman–Crippen LogP) is 1.26. The molecule has 1 aliphatic rings. The molecule has 0 saturated heterocycles. The Morgan fingerprint density at radius 2 is 1.91 bits per heavy atom. The normalized spacial score (nSPS) is 12.9. The molecule has 7 heteroatoms. The average Bonchev–Trinajstić information content (AvgIpc) is 3.12. The lowest BCUT2D eigenvalue weighted by molar-refractivity contribution is -0.117. The monoisotopic (exact) mass is 313 g/mol. The van der Waals surface area contributed by atoms with Crippen LogP contribution in [0.5, 0.6) is 11.5 Å². The SMILES string of the molecule is O=C(/C=C/c1ccc2c(c1)OCCO2)NNC(=O)c1ccc[nH]1. The van der Waals surface area contributed by atoms with E-state index in [4.69, 9.17) is 9.47 Å². The van der Waals surface area contributed by atoms with Crippen molar-refractivity contribution in [3.63, 3.8) is 0 Å². The molecule has 2 heterocycles. The first-order valence-corrected chi connectivity index (χ1v) is 7.04. The number of amides is 2. The van der Waals surface area contributed by atoms with Crippen LogP contribution in [0.15, 0.2) is 42.6 Å². The van der Waals surface area contributed by atoms with E-state index >= 15 is 0 Å². The highest BCUT2D eigenvalue weighted by molar-refractivity contribution is 5.96. The summed E-state index contributed by atoms with van der Waals surface area (Å²) >= 11 is 0. The van der Waals surface area contributed by atoms with Crippen LogP contribution in [0, 0.1) is 0 Å². The van der Waals surface area contributed by atoms with Crippen molar-refractivity contribution >= 4 is 17.9 Å². The topological polar surface area (TPSA) is 92.4 Å². The van der Waals surface area contributed by atoms with Gasteiger partial charge in [0.05, 0.1) is 0 Å². The molecule has 0 unspecified atom stereocenters. The Bertz CT molecular complexity index is 738. The molecule has 0 radical (unpaired) electrons. The van der Waals surface area contributed by atoms with Crippen LogP contribution in [0.1, 0.15) is 16.1 Å². The van der Waals surface area contributed by atoms with E-state index in [0.717, 1.165) is 5.56 Å². The molecule has 3 rings (SSSR count). The lowest BCUT2D eigenvalue weighted by atomic mass is 10.2. The number of aromatic nitrogens is 1. The van der Waals surface area contributed by atoms with Gasteiger partial charge in [-0.15, -0.1) is 0 Å². The number of carbonyl (C=O) groups excluding carboxylic acids is 2. The van der Waals surface area contributed by atoms with Gasteiger partial charge in [0.15, 0.2) is 11.5 Å². The first kappa shape index (κ1) is 14.7. The molecule has 0 aliphatic carbocycles. The molecule has 2 amide bonds. The number of nitrogens with one attached hydrogen (secondary N) is 3. The second-order valence-electron chi connectivity index (χ2n) is 4.76. The van der Waals surface area contributed by atoms with Crippen molar-refractivity contribution < 1.29 is 19.1 Å². The number of H-pyrrole nitrogens is 1. The van der Waals surface area contributed by atoms with Gasteiger partial charge in [-0.1, -0.05) is 6.07 Å². The minimum atomic E-state index is -0.445. The smallest absolute Gasteiger partial charge is 0.286 e. The van der Waals surface area contributed by atoms with Crippen LogP contribution < -0.4 is 20.3 Å². The van der Waals surface area contributed by atoms with Gasteiger partial charge in [-0.3, -0.25) is 20.4 Å². The molecule has 1 aliphatic heterocycles. The third-order valence-electron chi connectivity index (χ3n) is 3.14. The number of hydrogen-bond acceptors (Lipinski definition) is 4. The van der Waals surface area contributed by atoms with E-state index in [-0.39, 0.29) is 0 Å². The molecule has 118 valence electrons. The minimum absolute atomic E-state index is 0.362. The van der Waals surface area contributed by atoms with Crippen LogP contribution in [0.3, 0.4) is 0 Å². The molecule has 0 atom stereocenters. The summed E-state index contributed by atoms with van der Waals surface area (Å²) in [6.07, 6.45) is 4.56. The molecule has 0 spiro atoms. The van der Waals surface area contributed by atoms with E-state index in [1.54, 1.807) is 36.5 Å². The van der Waals surface area contributed by atoms with Gasteiger partial charge in [-0.2, -0.15) is 0 Å². The van der Waals surface area contributed by atoms with Crippen molar-refractivity contribution in [2.24, 2.45) is 0 Å². The van der Waals surface area contributed by atoms with Gasteiger partial charge in [0.2, 0.25) is 0 Å². The molecular formula is C16H15N3O4. The zero-order chi connectivity index (χ0) is 16.1. The Balaban J connectivity index is 1.55. The van der Waals surface area contributed by atoms with E-state index in [2.05, 4.69) is 15.8 Å². The molecule has 1 aromatic carbocycles. The van der Waals surface area contributed by atoms with E-state index in [1.807, 2.05) is 6.07 Å². The van der Waals surface area contributed by atoms with Crippen LogP contribution in [-0.4, -0.2) is 30.0 Å². The quantitative estimate of drug-likeness (QED) is 0.587. The van der Waals surface area contributed by atoms with Gasteiger partial charge in [-0.25, -0.2) is 0 Å². The fourth-order valence-electron chi connectivity index (χ4n) is 2.03. The summed E-state index contributed by atoms with van der Waals surface area (Å²) in [7, 11) is 0. The molecule has 3 N–H and O–H groups in total. The van der Waals surface area contributed by atoms with E-state index in [9.17, 15) is 9.59 Å². The third kappa shape index (κ3) is 3.70. The maximum Gasteiger partial charge on any atom is 0.286 e. The minimum Gasteiger partial charge on any atom is -0.486 e. The van der Waals surface area contributed by atoms with Crippen molar-refractivity contribution in [1.29, 1.82) is 0 Å². The summed E-state index contributed by atoms with van der Waals surface area (Å²) in [5.74, 6) is 0.478. The first-order valence-electron chi connectivity index (χ1n) is 7.04. The van der Waals surface area contributed by atoms with Crippen LogP contribution in [0.25, 0.3) is 6.08 Å². The number of benzene rings is 1. The maximum atomic E-state index is 11.7. The number of hydrogen-bond donors (Lipinski definition) is 3. The maximum absolute atomic E-state index is 11.7. The van der Waals surface area contributed by atoms with Crippen LogP contribution >= 0.6 is 0 Å². The summed E-state index contributed by atoms with van der Waals surface area (Å²) in [6.45, 7) is 1.04. The third-order valence-corrected chi connectivity index (χ3v) is 3.14. The largest absolute Gasteiger partial charge is 0.486 e. The molecule has 0 saturated carbocycles. The lowest BCUT2D eigenvalue weighted by Crippen LogP contribution is -2.40. The Kier molecular flexibility index (Phi) is 4.28. The van der Waals surface area contributed by atoms with Gasteiger partial charge >= 0.3 is 0 Å². The summed E-state index contributed by atoms with van der Waals surface area (Å²) in [6, 6.07) is 8.69. The second-order valence-corrected chi connectivity index (χ2v) is 4.76. The predicted molar refractivity (Wildman–Crippen MR) is 82.9 cm³/mol. The summed E-state index contributed by atoms with van der Waals surface area (Å²) in [4.78, 5) is 26.1. The second kappa shape index (κ2) is 6.69. The van der Waals surface area contributed by atoms with E-state index in [1.165, 1.54) is 6.08 Å². The highest BCUT2D eigenvalue weighted by atomic mass is 16.6. The number of ether oxygens (including phenoxy) is 2. The van der Waals surface area contributed by atoms with E-state index in [0.29, 0.717) is 30.4 Å². The lowest BCUT2D eigenvalue weighted by Gasteiger charge is -2.18. The summed E-state index contributed by atoms with van der Waals surface area (Å²) < 4.78 is 10.9. The molecule has 0 fully saturated rings. The number of aromatic amines is 1. The number of hydrazine groups is 1. The van der Waals surface area contributed by atoms with E-state index < -0.39 is 11.8 Å². The van der Waals surface area contributed by atoms with Crippen molar-refractivity contribution in [2.75, 3.05) is 13.2 Å². The van der Waals surface area contributed by atoms with Crippen LogP contribution in [0.4, 0.5) is 0 Å². The number of fused-ring (bicyclic) bond motifs is 1. The average molecular weight is 313 g/mol. The summed E-state index contributed by atoms with van der Waals surface area (Å²) in [5.41, 5.74) is 5.76. The van der Waals surface area contributed by atoms with Gasteiger partial charge in [0.1, 0.15) is 18.9 Å². The Labute approximate surface area is 132 Å². The Morgan fingerprint density at radius 3 is 2.70 bits per heavy atom. The zero-order valence-electron chi connectivity index (χ0n) is 12.2. The van der Waals surface area contributed by atoms with Crippen molar-refractivity contribution in [3.8, 4) is 11.5 Å². The van der Waals surface area contributed by atoms with Gasteiger partial charge < -0.3 is 14.5 Å². The zero-order valence-corrected chi connectivity index (χ0v) is 12.2. The van der Waals surface area contributed by atoms with Gasteiger partial charge in [0.25, 0.3) is 11.8 Å². The first-order chi connectivity index (χ1) is 11.2. The summed E-state index contributed by atoms with van der Waals surface area (Å²) in [5, 5.41) is 0. The Hall–Kier alpha value is -3.22. The molecular weight excluding hydrogens is 298 g/mol. The molecule has 23 heavy (non-hydrogen) atoms. The highest BCUT2D eigenvalue weighted by Gasteiger charge is 2.11. The van der Waals surface area contributed by atoms with Crippen molar-refractivity contribution in [3.05, 3.63) is 53.9 Å². The molecule has 2 aromatic rings. The number of rotatable bonds is 3. The van der Waals surface area contributed by atoms with Gasteiger partial charge in [0, 0.05) is 12.3 Å². The van der Waals surface area contributed by atoms with Crippen LogP contribution in [0.2, 0.25) is 0 Å². The highest BCUT2D eigenvalue weighted by Crippen LogP contribution is 2.30. The van der Waals surface area contributed by atoms with Crippen LogP contribution in [-0.2, 0) is 4.79 Å².